The first-order valence-electron chi connectivity index (χ1n) is 7.79. The molecule has 24 heavy (non-hydrogen) atoms. The lowest BCUT2D eigenvalue weighted by Gasteiger charge is -2.11. The molecule has 0 aromatic heterocycles. The quantitative estimate of drug-likeness (QED) is 0.801. The maximum absolute atomic E-state index is 12.1. The van der Waals surface area contributed by atoms with Crippen LogP contribution in [0.25, 0.3) is 11.3 Å². The van der Waals surface area contributed by atoms with Gasteiger partial charge in [0.2, 0.25) is 0 Å². The van der Waals surface area contributed by atoms with Crippen molar-refractivity contribution in [2.45, 2.75) is 20.3 Å². The zero-order valence-electron chi connectivity index (χ0n) is 13.6. The van der Waals surface area contributed by atoms with E-state index in [4.69, 9.17) is 4.52 Å². The topological polar surface area (TPSA) is 72.2 Å². The zero-order valence-corrected chi connectivity index (χ0v) is 13.6. The van der Waals surface area contributed by atoms with Gasteiger partial charge in [-0.1, -0.05) is 22.9 Å². The Morgan fingerprint density at radius 1 is 1.12 bits per heavy atom. The Bertz CT molecular complexity index is 897. The third-order valence-corrected chi connectivity index (χ3v) is 4.01. The Morgan fingerprint density at radius 2 is 1.88 bits per heavy atom. The smallest absolute Gasteiger partial charge is 0.251 e. The minimum atomic E-state index is -0.110. The summed E-state index contributed by atoms with van der Waals surface area (Å²) in [5.74, 6) is 0.369. The maximum atomic E-state index is 12.1. The summed E-state index contributed by atoms with van der Waals surface area (Å²) in [4.78, 5) is 23.4. The number of nitrogens with one attached hydrogen (secondary N) is 1. The number of benzene rings is 2. The second kappa shape index (κ2) is 6.66. The Kier molecular flexibility index (Phi) is 4.42. The largest absolute Gasteiger partial charge is 0.356 e. The molecule has 0 radical (unpaired) electrons. The van der Waals surface area contributed by atoms with Crippen LogP contribution in [0.3, 0.4) is 0 Å². The molecule has 0 fully saturated rings. The second-order valence-corrected chi connectivity index (χ2v) is 5.78. The Morgan fingerprint density at radius 3 is 2.62 bits per heavy atom. The molecule has 1 amide bonds. The molecule has 1 N–H and O–H groups in total. The first kappa shape index (κ1) is 15.9. The third-order valence-electron chi connectivity index (χ3n) is 4.01. The molecule has 0 saturated carbocycles. The van der Waals surface area contributed by atoms with Gasteiger partial charge < -0.3 is 9.84 Å². The number of rotatable bonds is 4. The molecule has 0 spiro atoms. The number of carbonyl (C=O) groups excluding carboxylic acids is 1. The SMILES string of the molecule is Cc1ccc(C(=O)NCCc2noc3cc(=O)ccc-3c2C)cc1. The molecule has 122 valence electrons. The van der Waals surface area contributed by atoms with E-state index in [1.807, 2.05) is 26.0 Å². The highest BCUT2D eigenvalue weighted by atomic mass is 16.5. The minimum absolute atomic E-state index is 0.106. The molecule has 1 aliphatic heterocycles. The van der Waals surface area contributed by atoms with E-state index in [1.165, 1.54) is 12.1 Å². The number of amides is 1. The summed E-state index contributed by atoms with van der Waals surface area (Å²) in [6.45, 7) is 4.38. The van der Waals surface area contributed by atoms with Crippen LogP contribution in [0.2, 0.25) is 0 Å². The van der Waals surface area contributed by atoms with Crippen molar-refractivity contribution in [3.05, 3.63) is 75.1 Å². The van der Waals surface area contributed by atoms with E-state index in [0.29, 0.717) is 24.3 Å². The Hall–Kier alpha value is -2.95. The summed E-state index contributed by atoms with van der Waals surface area (Å²) >= 11 is 0. The number of fused-ring (bicyclic) bond motifs is 1. The average Bonchev–Trinajstić information content (AvgIpc) is 2.57. The summed E-state index contributed by atoms with van der Waals surface area (Å²) in [7, 11) is 0. The van der Waals surface area contributed by atoms with Gasteiger partial charge in [0.1, 0.15) is 0 Å². The van der Waals surface area contributed by atoms with Gasteiger partial charge in [-0.25, -0.2) is 0 Å². The summed E-state index contributed by atoms with van der Waals surface area (Å²) < 4.78 is 5.30. The van der Waals surface area contributed by atoms with Gasteiger partial charge in [-0.05, 0) is 43.7 Å². The lowest BCUT2D eigenvalue weighted by atomic mass is 10.0. The summed E-state index contributed by atoms with van der Waals surface area (Å²) in [5, 5.41) is 6.94. The first-order valence-corrected chi connectivity index (χ1v) is 7.79. The van der Waals surface area contributed by atoms with Crippen molar-refractivity contribution in [2.24, 2.45) is 0 Å². The van der Waals surface area contributed by atoms with Crippen molar-refractivity contribution in [1.29, 1.82) is 0 Å². The van der Waals surface area contributed by atoms with Crippen molar-refractivity contribution < 1.29 is 9.32 Å². The van der Waals surface area contributed by atoms with Gasteiger partial charge in [-0.2, -0.15) is 0 Å². The van der Waals surface area contributed by atoms with E-state index < -0.39 is 0 Å². The fourth-order valence-electron chi connectivity index (χ4n) is 2.55. The number of aromatic nitrogens is 1. The van der Waals surface area contributed by atoms with Crippen LogP contribution in [0.1, 0.15) is 27.2 Å². The van der Waals surface area contributed by atoms with Crippen LogP contribution in [0.4, 0.5) is 0 Å². The molecule has 1 heterocycles. The molecular formula is C19H18N2O3. The molecule has 1 aromatic carbocycles. The van der Waals surface area contributed by atoms with E-state index in [2.05, 4.69) is 10.5 Å². The van der Waals surface area contributed by atoms with Crippen molar-refractivity contribution in [2.75, 3.05) is 6.54 Å². The van der Waals surface area contributed by atoms with Gasteiger partial charge in [-0.3, -0.25) is 9.59 Å². The molecule has 1 aliphatic carbocycles. The lowest BCUT2D eigenvalue weighted by Crippen LogP contribution is -2.26. The molecule has 5 nitrogen and oxygen atoms in total. The number of hydrogen-bond donors (Lipinski definition) is 1. The molecule has 0 unspecified atom stereocenters. The highest BCUT2D eigenvalue weighted by Gasteiger charge is 2.14. The first-order chi connectivity index (χ1) is 11.5. The van der Waals surface area contributed by atoms with Crippen molar-refractivity contribution >= 4 is 5.91 Å². The third kappa shape index (κ3) is 3.35. The molecule has 2 aliphatic rings. The normalized spacial score (nSPS) is 10.8. The maximum Gasteiger partial charge on any atom is 0.251 e. The van der Waals surface area contributed by atoms with Crippen LogP contribution in [0.5, 0.6) is 0 Å². The van der Waals surface area contributed by atoms with Crippen LogP contribution in [0, 0.1) is 13.8 Å². The molecule has 0 atom stereocenters. The van der Waals surface area contributed by atoms with E-state index >= 15 is 0 Å². The molecule has 0 bridgehead atoms. The molecule has 0 saturated heterocycles. The van der Waals surface area contributed by atoms with Gasteiger partial charge in [0.05, 0.1) is 5.69 Å². The van der Waals surface area contributed by atoms with Crippen LogP contribution in [-0.2, 0) is 6.42 Å². The van der Waals surface area contributed by atoms with Gasteiger partial charge in [0.15, 0.2) is 11.2 Å². The van der Waals surface area contributed by atoms with Crippen LogP contribution < -0.4 is 10.7 Å². The van der Waals surface area contributed by atoms with Crippen molar-refractivity contribution in [3.63, 3.8) is 0 Å². The number of aryl methyl sites for hydroxylation is 1. The standard InChI is InChI=1S/C19H18N2O3/c1-12-3-5-14(6-4-12)19(23)20-10-9-17-13(2)16-8-7-15(22)11-18(16)24-21-17/h3-8,11H,9-10H2,1-2H3,(H,20,23). The predicted octanol–water partition coefficient (Wildman–Crippen LogP) is 2.73. The number of carbonyl (C=O) groups is 1. The van der Waals surface area contributed by atoms with Gasteiger partial charge in [0, 0.05) is 30.2 Å². The monoisotopic (exact) mass is 322 g/mol. The van der Waals surface area contributed by atoms with Crippen molar-refractivity contribution in [1.82, 2.24) is 10.5 Å². The van der Waals surface area contributed by atoms with Gasteiger partial charge in [0.25, 0.3) is 5.91 Å². The highest BCUT2D eigenvalue weighted by molar-refractivity contribution is 5.94. The fourth-order valence-corrected chi connectivity index (χ4v) is 2.55. The summed E-state index contributed by atoms with van der Waals surface area (Å²) in [5.41, 5.74) is 4.24. The van der Waals surface area contributed by atoms with E-state index in [1.54, 1.807) is 18.2 Å². The van der Waals surface area contributed by atoms with Gasteiger partial charge >= 0.3 is 0 Å². The zero-order chi connectivity index (χ0) is 17.1. The predicted molar refractivity (Wildman–Crippen MR) is 91.3 cm³/mol. The molecule has 5 heteroatoms. The molecule has 3 rings (SSSR count). The average molecular weight is 322 g/mol. The van der Waals surface area contributed by atoms with Crippen LogP contribution >= 0.6 is 0 Å². The molecule has 1 aromatic rings. The lowest BCUT2D eigenvalue weighted by molar-refractivity contribution is 0.0954. The highest BCUT2D eigenvalue weighted by Crippen LogP contribution is 2.24. The van der Waals surface area contributed by atoms with E-state index in [-0.39, 0.29) is 11.3 Å². The van der Waals surface area contributed by atoms with E-state index in [9.17, 15) is 9.59 Å². The van der Waals surface area contributed by atoms with Crippen LogP contribution in [0.15, 0.2) is 51.8 Å². The number of hydrogen-bond acceptors (Lipinski definition) is 4. The summed E-state index contributed by atoms with van der Waals surface area (Å²) in [6.07, 6.45) is 0.558. The molecular weight excluding hydrogens is 304 g/mol. The summed E-state index contributed by atoms with van der Waals surface area (Å²) in [6, 6.07) is 12.1. The second-order valence-electron chi connectivity index (χ2n) is 5.78. The van der Waals surface area contributed by atoms with E-state index in [0.717, 1.165) is 22.4 Å². The van der Waals surface area contributed by atoms with Crippen LogP contribution in [-0.4, -0.2) is 17.6 Å². The minimum Gasteiger partial charge on any atom is -0.356 e. The fraction of sp³-hybridized carbons (Fsp3) is 0.211. The van der Waals surface area contributed by atoms with Crippen molar-refractivity contribution in [3.8, 4) is 11.3 Å². The van der Waals surface area contributed by atoms with Gasteiger partial charge in [-0.15, -0.1) is 0 Å². The Labute approximate surface area is 139 Å². The number of nitrogens with zero attached hydrogens (tertiary/aromatic N) is 1. The Balaban J connectivity index is 1.68.